The Kier molecular flexibility index (Phi) is 5.94. The molecule has 0 amide bonds. The van der Waals surface area contributed by atoms with Crippen molar-refractivity contribution in [2.45, 2.75) is 13.5 Å². The minimum absolute atomic E-state index is 0.105. The number of rotatable bonds is 7. The van der Waals surface area contributed by atoms with Crippen molar-refractivity contribution in [2.75, 3.05) is 5.32 Å². The molecular formula is C17H14ClN5O3S. The van der Waals surface area contributed by atoms with Gasteiger partial charge in [-0.15, -0.1) is 11.3 Å². The average Bonchev–Trinajstić information content (AvgIpc) is 3.10. The molecule has 0 aliphatic rings. The fourth-order valence-corrected chi connectivity index (χ4v) is 3.07. The molecule has 0 saturated carbocycles. The average molecular weight is 404 g/mol. The van der Waals surface area contributed by atoms with Crippen LogP contribution in [0.15, 0.2) is 54.1 Å². The van der Waals surface area contributed by atoms with Crippen molar-refractivity contribution in [1.82, 2.24) is 9.97 Å². The van der Waals surface area contributed by atoms with E-state index in [-0.39, 0.29) is 11.4 Å². The van der Waals surface area contributed by atoms with E-state index < -0.39 is 4.92 Å². The fraction of sp³-hybridized carbons (Fsp3) is 0.118. The molecule has 138 valence electrons. The highest BCUT2D eigenvalue weighted by molar-refractivity contribution is 7.15. The second-order valence-electron chi connectivity index (χ2n) is 5.42. The van der Waals surface area contributed by atoms with Crippen molar-refractivity contribution < 1.29 is 9.76 Å². The number of anilines is 1. The lowest BCUT2D eigenvalue weighted by molar-refractivity contribution is -0.384. The van der Waals surface area contributed by atoms with Crippen molar-refractivity contribution in [3.63, 3.8) is 0 Å². The van der Waals surface area contributed by atoms with Crippen molar-refractivity contribution >= 4 is 40.0 Å². The first-order valence-electron chi connectivity index (χ1n) is 7.77. The van der Waals surface area contributed by atoms with Gasteiger partial charge < -0.3 is 10.2 Å². The number of oxime groups is 1. The SMILES string of the molecule is CC(=NOc1cc(NCc2cnc(Cl)s2)cc([N+](=O)[O-])c1)c1cccnc1. The van der Waals surface area contributed by atoms with Crippen LogP contribution in [0.25, 0.3) is 0 Å². The van der Waals surface area contributed by atoms with E-state index in [9.17, 15) is 10.1 Å². The van der Waals surface area contributed by atoms with Crippen LogP contribution >= 0.6 is 22.9 Å². The van der Waals surface area contributed by atoms with Gasteiger partial charge in [0.25, 0.3) is 5.69 Å². The van der Waals surface area contributed by atoms with E-state index in [1.807, 2.05) is 6.07 Å². The molecule has 3 aromatic rings. The van der Waals surface area contributed by atoms with Crippen molar-refractivity contribution in [3.05, 3.63) is 73.9 Å². The maximum absolute atomic E-state index is 11.2. The van der Waals surface area contributed by atoms with Crippen molar-refractivity contribution in [1.29, 1.82) is 0 Å². The highest BCUT2D eigenvalue weighted by Crippen LogP contribution is 2.27. The Bertz CT molecular complexity index is 978. The van der Waals surface area contributed by atoms with Gasteiger partial charge in [0, 0.05) is 46.9 Å². The molecule has 3 rings (SSSR count). The molecule has 10 heteroatoms. The number of hydrogen-bond acceptors (Lipinski definition) is 8. The largest absolute Gasteiger partial charge is 0.380 e. The number of nitrogens with zero attached hydrogens (tertiary/aromatic N) is 4. The number of benzene rings is 1. The van der Waals surface area contributed by atoms with Crippen LogP contribution in [0.5, 0.6) is 5.75 Å². The first-order valence-corrected chi connectivity index (χ1v) is 8.96. The molecule has 0 bridgehead atoms. The van der Waals surface area contributed by atoms with Crippen molar-refractivity contribution in [2.24, 2.45) is 5.16 Å². The predicted octanol–water partition coefficient (Wildman–Crippen LogP) is 4.51. The number of nitro benzene ring substituents is 1. The second-order valence-corrected chi connectivity index (χ2v) is 7.11. The molecule has 1 aromatic carbocycles. The number of pyridine rings is 1. The Hall–Kier alpha value is -3.04. The number of thiazole rings is 1. The summed E-state index contributed by atoms with van der Waals surface area (Å²) in [5.74, 6) is 0.247. The number of halogens is 1. The van der Waals surface area contributed by atoms with Crippen LogP contribution in [0.3, 0.4) is 0 Å². The number of aromatic nitrogens is 2. The third-order valence-electron chi connectivity index (χ3n) is 3.46. The summed E-state index contributed by atoms with van der Waals surface area (Å²) in [4.78, 5) is 25.0. The molecular weight excluding hydrogens is 390 g/mol. The van der Waals surface area contributed by atoms with Gasteiger partial charge in [-0.05, 0) is 19.1 Å². The monoisotopic (exact) mass is 403 g/mol. The third-order valence-corrected chi connectivity index (χ3v) is 4.58. The molecule has 0 radical (unpaired) electrons. The molecule has 0 atom stereocenters. The smallest absolute Gasteiger partial charge is 0.275 e. The van der Waals surface area contributed by atoms with Crippen LogP contribution in [0.2, 0.25) is 4.47 Å². The lowest BCUT2D eigenvalue weighted by Gasteiger charge is -2.07. The van der Waals surface area contributed by atoms with E-state index in [1.165, 1.54) is 23.5 Å². The molecule has 2 aromatic heterocycles. The third kappa shape index (κ3) is 5.22. The first kappa shape index (κ1) is 18.7. The van der Waals surface area contributed by atoms with Crippen LogP contribution in [0.4, 0.5) is 11.4 Å². The lowest BCUT2D eigenvalue weighted by atomic mass is 10.2. The normalized spacial score (nSPS) is 11.3. The minimum atomic E-state index is -0.487. The summed E-state index contributed by atoms with van der Waals surface area (Å²) in [6, 6.07) is 8.00. The Morgan fingerprint density at radius 2 is 2.26 bits per heavy atom. The highest BCUT2D eigenvalue weighted by atomic mass is 35.5. The van der Waals surface area contributed by atoms with E-state index in [4.69, 9.17) is 16.4 Å². The summed E-state index contributed by atoms with van der Waals surface area (Å²) in [5.41, 5.74) is 1.82. The van der Waals surface area contributed by atoms with Gasteiger partial charge in [0.15, 0.2) is 10.2 Å². The zero-order valence-corrected chi connectivity index (χ0v) is 15.7. The Labute approximate surface area is 163 Å². The summed E-state index contributed by atoms with van der Waals surface area (Å²) in [6.07, 6.45) is 4.96. The maximum Gasteiger partial charge on any atom is 0.275 e. The molecule has 0 spiro atoms. The van der Waals surface area contributed by atoms with E-state index in [0.29, 0.717) is 22.4 Å². The molecule has 0 aliphatic carbocycles. The molecule has 1 N–H and O–H groups in total. The van der Waals surface area contributed by atoms with Crippen molar-refractivity contribution in [3.8, 4) is 5.75 Å². The predicted molar refractivity (Wildman–Crippen MR) is 105 cm³/mol. The number of hydrogen-bond donors (Lipinski definition) is 1. The summed E-state index contributed by atoms with van der Waals surface area (Å²) in [7, 11) is 0. The van der Waals surface area contributed by atoms with Crippen LogP contribution in [0.1, 0.15) is 17.4 Å². The fourth-order valence-electron chi connectivity index (χ4n) is 2.15. The molecule has 0 saturated heterocycles. The Morgan fingerprint density at radius 3 is 2.93 bits per heavy atom. The zero-order chi connectivity index (χ0) is 19.2. The summed E-state index contributed by atoms with van der Waals surface area (Å²) >= 11 is 7.14. The number of nitrogens with one attached hydrogen (secondary N) is 1. The second kappa shape index (κ2) is 8.56. The molecule has 0 fully saturated rings. The number of non-ortho nitro benzene ring substituents is 1. The van der Waals surface area contributed by atoms with Gasteiger partial charge >= 0.3 is 0 Å². The molecule has 0 unspecified atom stereocenters. The van der Waals surface area contributed by atoms with E-state index in [0.717, 1.165) is 10.4 Å². The number of nitro groups is 1. The molecule has 0 aliphatic heterocycles. The van der Waals surface area contributed by atoms with E-state index >= 15 is 0 Å². The van der Waals surface area contributed by atoms with Crippen LogP contribution in [-0.2, 0) is 6.54 Å². The quantitative estimate of drug-likeness (QED) is 0.353. The summed E-state index contributed by atoms with van der Waals surface area (Å²) in [5, 5.41) is 18.3. The van der Waals surface area contributed by atoms with Gasteiger partial charge in [-0.2, -0.15) is 0 Å². The topological polar surface area (TPSA) is 103 Å². The summed E-state index contributed by atoms with van der Waals surface area (Å²) in [6.45, 7) is 2.20. The lowest BCUT2D eigenvalue weighted by Crippen LogP contribution is -2.01. The van der Waals surface area contributed by atoms with Gasteiger partial charge in [-0.1, -0.05) is 16.8 Å². The van der Waals surface area contributed by atoms with Gasteiger partial charge in [0.1, 0.15) is 0 Å². The maximum atomic E-state index is 11.2. The minimum Gasteiger partial charge on any atom is -0.380 e. The van der Waals surface area contributed by atoms with Gasteiger partial charge in [-0.3, -0.25) is 15.1 Å². The Balaban J connectivity index is 1.77. The first-order chi connectivity index (χ1) is 13.0. The Morgan fingerprint density at radius 1 is 1.41 bits per heavy atom. The molecule has 27 heavy (non-hydrogen) atoms. The highest BCUT2D eigenvalue weighted by Gasteiger charge is 2.12. The van der Waals surface area contributed by atoms with E-state index in [2.05, 4.69) is 20.4 Å². The zero-order valence-electron chi connectivity index (χ0n) is 14.1. The van der Waals surface area contributed by atoms with Crippen LogP contribution in [0, 0.1) is 10.1 Å². The standard InChI is InChI=1S/C17H14ClN5O3S/c1-11(12-3-2-4-19-8-12)22-26-15-6-13(5-14(7-15)23(24)25)20-9-16-10-21-17(18)27-16/h2-8,10,20H,9H2,1H3. The molecule has 8 nitrogen and oxygen atoms in total. The summed E-state index contributed by atoms with van der Waals surface area (Å²) < 4.78 is 0.440. The van der Waals surface area contributed by atoms with Gasteiger partial charge in [-0.25, -0.2) is 4.98 Å². The van der Waals surface area contributed by atoms with Gasteiger partial charge in [0.2, 0.25) is 0 Å². The van der Waals surface area contributed by atoms with Gasteiger partial charge in [0.05, 0.1) is 23.2 Å². The van der Waals surface area contributed by atoms with Crippen LogP contribution in [-0.4, -0.2) is 20.6 Å². The van der Waals surface area contributed by atoms with E-state index in [1.54, 1.807) is 37.6 Å². The molecule has 2 heterocycles. The van der Waals surface area contributed by atoms with Crippen LogP contribution < -0.4 is 10.2 Å².